The molecule has 0 aliphatic carbocycles. The van der Waals surface area contributed by atoms with Crippen LogP contribution in [0.2, 0.25) is 0 Å². The number of carbonyl (C=O) groups excluding carboxylic acids is 2. The summed E-state index contributed by atoms with van der Waals surface area (Å²) in [4.78, 5) is 27.0. The van der Waals surface area contributed by atoms with Crippen LogP contribution in [0.4, 0.5) is 13.2 Å². The molecule has 0 fully saturated rings. The third kappa shape index (κ3) is 8.24. The van der Waals surface area contributed by atoms with Crippen LogP contribution in [0, 0.1) is 0 Å². The smallest absolute Gasteiger partial charge is 0.458 e. The van der Waals surface area contributed by atoms with Crippen LogP contribution in [-0.4, -0.2) is 37.4 Å². The summed E-state index contributed by atoms with van der Waals surface area (Å²) in [6.45, 7) is 11.1. The maximum atomic E-state index is 12.9. The summed E-state index contributed by atoms with van der Waals surface area (Å²) >= 11 is 1.30. The fourth-order valence-electron chi connectivity index (χ4n) is 2.75. The van der Waals surface area contributed by atoms with E-state index in [4.69, 9.17) is 4.74 Å². The second-order valence-electron chi connectivity index (χ2n) is 9.80. The highest BCUT2D eigenvalue weighted by Gasteiger charge is 2.48. The lowest BCUT2D eigenvalue weighted by Gasteiger charge is -2.24. The van der Waals surface area contributed by atoms with Crippen molar-refractivity contribution >= 4 is 33.3 Å². The van der Waals surface area contributed by atoms with Gasteiger partial charge in [0.25, 0.3) is 5.91 Å². The van der Waals surface area contributed by atoms with Gasteiger partial charge in [-0.2, -0.15) is 21.6 Å². The number of hydrogen-bond acceptors (Lipinski definition) is 7. The Hall–Kier alpha value is -2.60. The van der Waals surface area contributed by atoms with Crippen LogP contribution in [0.3, 0.4) is 0 Å². The van der Waals surface area contributed by atoms with Gasteiger partial charge in [-0.25, -0.2) is 4.79 Å². The summed E-state index contributed by atoms with van der Waals surface area (Å²) in [5, 5.41) is 2.66. The molecule has 35 heavy (non-hydrogen) atoms. The van der Waals surface area contributed by atoms with Gasteiger partial charge in [0, 0.05) is 11.3 Å². The Labute approximate surface area is 206 Å². The lowest BCUT2D eigenvalue weighted by atomic mass is 9.95. The SMILES string of the molecule is CC(C)(C)OC(=O)C(Cc1ccc(OS(=O)(=O)C(F)(F)F)cc1)NC(=O)c1ccc(C(C)(C)C)s1. The van der Waals surface area contributed by atoms with Crippen LogP contribution >= 0.6 is 11.3 Å². The summed E-state index contributed by atoms with van der Waals surface area (Å²) in [6, 6.07) is 7.06. The monoisotopic (exact) mass is 535 g/mol. The molecule has 1 N–H and O–H groups in total. The molecule has 0 aliphatic heterocycles. The molecule has 0 radical (unpaired) electrons. The molecule has 1 aromatic heterocycles. The van der Waals surface area contributed by atoms with Crippen molar-refractivity contribution in [3.8, 4) is 5.75 Å². The molecule has 1 heterocycles. The summed E-state index contributed by atoms with van der Waals surface area (Å²) in [6.07, 6.45) is -0.0511. The molecular weight excluding hydrogens is 507 g/mol. The molecule has 0 saturated heterocycles. The van der Waals surface area contributed by atoms with Gasteiger partial charge in [0.2, 0.25) is 0 Å². The number of ether oxygens (including phenoxy) is 1. The van der Waals surface area contributed by atoms with Gasteiger partial charge >= 0.3 is 21.6 Å². The predicted molar refractivity (Wildman–Crippen MR) is 126 cm³/mol. The van der Waals surface area contributed by atoms with E-state index in [1.807, 2.05) is 26.8 Å². The third-order valence-electron chi connectivity index (χ3n) is 4.42. The number of hydrogen-bond donors (Lipinski definition) is 1. The van der Waals surface area contributed by atoms with Crippen molar-refractivity contribution < 1.29 is 40.1 Å². The molecule has 194 valence electrons. The van der Waals surface area contributed by atoms with Gasteiger partial charge in [0.1, 0.15) is 17.4 Å². The van der Waals surface area contributed by atoms with Gasteiger partial charge < -0.3 is 14.2 Å². The number of rotatable bonds is 7. The number of benzene rings is 1. The van der Waals surface area contributed by atoms with E-state index in [2.05, 4.69) is 9.50 Å². The Morgan fingerprint density at radius 2 is 1.54 bits per heavy atom. The van der Waals surface area contributed by atoms with E-state index in [0.717, 1.165) is 17.0 Å². The third-order valence-corrected chi connectivity index (χ3v) is 6.91. The Kier molecular flexibility index (Phi) is 8.33. The van der Waals surface area contributed by atoms with Gasteiger partial charge in [-0.15, -0.1) is 11.3 Å². The van der Waals surface area contributed by atoms with Crippen LogP contribution in [0.25, 0.3) is 0 Å². The van der Waals surface area contributed by atoms with Crippen LogP contribution in [0.15, 0.2) is 36.4 Å². The normalized spacial score (nSPS) is 13.7. The first kappa shape index (κ1) is 28.6. The van der Waals surface area contributed by atoms with E-state index in [0.29, 0.717) is 10.4 Å². The molecule has 2 aromatic rings. The molecule has 1 unspecified atom stereocenters. The lowest BCUT2D eigenvalue weighted by molar-refractivity contribution is -0.157. The Morgan fingerprint density at radius 1 is 0.971 bits per heavy atom. The first-order valence-electron chi connectivity index (χ1n) is 10.5. The van der Waals surface area contributed by atoms with E-state index in [1.54, 1.807) is 26.8 Å². The molecule has 12 heteroatoms. The van der Waals surface area contributed by atoms with E-state index in [1.165, 1.54) is 23.5 Å². The van der Waals surface area contributed by atoms with Crippen LogP contribution in [-0.2, 0) is 31.5 Å². The van der Waals surface area contributed by atoms with Crippen molar-refractivity contribution in [2.75, 3.05) is 0 Å². The highest BCUT2D eigenvalue weighted by Crippen LogP contribution is 2.30. The fourth-order valence-corrected chi connectivity index (χ4v) is 4.18. The minimum absolute atomic E-state index is 0.0511. The van der Waals surface area contributed by atoms with E-state index in [9.17, 15) is 31.2 Å². The minimum atomic E-state index is -5.81. The van der Waals surface area contributed by atoms with E-state index >= 15 is 0 Å². The summed E-state index contributed by atoms with van der Waals surface area (Å²) in [5.74, 6) is -1.71. The molecule has 2 rings (SSSR count). The first-order chi connectivity index (χ1) is 15.8. The molecule has 1 aromatic carbocycles. The zero-order valence-electron chi connectivity index (χ0n) is 20.1. The number of halogens is 3. The second kappa shape index (κ2) is 10.2. The summed E-state index contributed by atoms with van der Waals surface area (Å²) in [7, 11) is -5.81. The quantitative estimate of drug-likeness (QED) is 0.306. The maximum absolute atomic E-state index is 12.9. The Morgan fingerprint density at radius 3 is 2.00 bits per heavy atom. The number of amides is 1. The zero-order valence-corrected chi connectivity index (χ0v) is 21.8. The summed E-state index contributed by atoms with van der Waals surface area (Å²) in [5.41, 5.74) is -6.12. The summed E-state index contributed by atoms with van der Waals surface area (Å²) < 4.78 is 69.4. The Bertz CT molecular complexity index is 1160. The predicted octanol–water partition coefficient (Wildman–Crippen LogP) is 4.96. The minimum Gasteiger partial charge on any atom is -0.458 e. The van der Waals surface area contributed by atoms with Crippen molar-refractivity contribution in [3.05, 3.63) is 51.7 Å². The molecule has 0 aliphatic rings. The van der Waals surface area contributed by atoms with Crippen LogP contribution < -0.4 is 9.50 Å². The van der Waals surface area contributed by atoms with Gasteiger partial charge in [-0.1, -0.05) is 32.9 Å². The number of thiophene rings is 1. The highest BCUT2D eigenvalue weighted by molar-refractivity contribution is 7.88. The van der Waals surface area contributed by atoms with Crippen LogP contribution in [0.5, 0.6) is 5.75 Å². The van der Waals surface area contributed by atoms with Crippen molar-refractivity contribution in [1.82, 2.24) is 5.32 Å². The van der Waals surface area contributed by atoms with Crippen molar-refractivity contribution in [1.29, 1.82) is 0 Å². The molecule has 1 amide bonds. The van der Waals surface area contributed by atoms with Gasteiger partial charge in [-0.05, 0) is 56.0 Å². The fraction of sp³-hybridized carbons (Fsp3) is 0.478. The van der Waals surface area contributed by atoms with Gasteiger partial charge in [-0.3, -0.25) is 4.79 Å². The van der Waals surface area contributed by atoms with Gasteiger partial charge in [0.15, 0.2) is 0 Å². The number of alkyl halides is 3. The second-order valence-corrected chi connectivity index (χ2v) is 12.4. The van der Waals surface area contributed by atoms with E-state index in [-0.39, 0.29) is 11.8 Å². The molecule has 7 nitrogen and oxygen atoms in total. The topological polar surface area (TPSA) is 98.8 Å². The molecule has 0 bridgehead atoms. The van der Waals surface area contributed by atoms with Crippen molar-refractivity contribution in [3.63, 3.8) is 0 Å². The van der Waals surface area contributed by atoms with Gasteiger partial charge in [0.05, 0.1) is 4.88 Å². The number of esters is 1. The molecule has 0 spiro atoms. The molecular formula is C23H28F3NO6S2. The van der Waals surface area contributed by atoms with Crippen molar-refractivity contribution in [2.45, 2.75) is 70.5 Å². The highest BCUT2D eigenvalue weighted by atomic mass is 32.2. The molecule has 1 atom stereocenters. The standard InChI is InChI=1S/C23H28F3NO6S2/c1-21(2,3)18-12-11-17(34-18)19(28)27-16(20(29)32-22(4,5)6)13-14-7-9-15(10-8-14)33-35(30,31)23(24,25)26/h7-12,16H,13H2,1-6H3,(H,27,28). The maximum Gasteiger partial charge on any atom is 0.534 e. The number of carbonyl (C=O) groups is 2. The van der Waals surface area contributed by atoms with E-state index < -0.39 is 44.9 Å². The Balaban J connectivity index is 2.23. The zero-order chi connectivity index (χ0) is 26.8. The first-order valence-corrected chi connectivity index (χ1v) is 12.7. The largest absolute Gasteiger partial charge is 0.534 e. The van der Waals surface area contributed by atoms with Crippen molar-refractivity contribution in [2.24, 2.45) is 0 Å². The average molecular weight is 536 g/mol. The molecule has 0 saturated carbocycles. The average Bonchev–Trinajstić information content (AvgIpc) is 3.17. The number of nitrogens with one attached hydrogen (secondary N) is 1. The van der Waals surface area contributed by atoms with Crippen LogP contribution in [0.1, 0.15) is 61.7 Å². The lowest BCUT2D eigenvalue weighted by Crippen LogP contribution is -2.45.